The first kappa shape index (κ1) is 27.7. The predicted molar refractivity (Wildman–Crippen MR) is 149 cm³/mol. The number of aryl methyl sites for hydroxylation is 2. The van der Waals surface area contributed by atoms with E-state index in [0.717, 1.165) is 16.7 Å². The Labute approximate surface area is 230 Å². The van der Waals surface area contributed by atoms with Gasteiger partial charge in [-0.1, -0.05) is 72.3 Å². The zero-order valence-electron chi connectivity index (χ0n) is 22.1. The fourth-order valence-electron chi connectivity index (χ4n) is 4.63. The van der Waals surface area contributed by atoms with E-state index in [9.17, 15) is 9.59 Å². The molecule has 3 aromatic carbocycles. The molecule has 0 N–H and O–H groups in total. The molecule has 0 radical (unpaired) electrons. The molecule has 0 aromatic heterocycles. The summed E-state index contributed by atoms with van der Waals surface area (Å²) in [6, 6.07) is 25.3. The van der Waals surface area contributed by atoms with Gasteiger partial charge < -0.3 is 19.3 Å². The van der Waals surface area contributed by atoms with Gasteiger partial charge in [0, 0.05) is 31.6 Å². The molecule has 4 rings (SSSR count). The van der Waals surface area contributed by atoms with Crippen molar-refractivity contribution in [1.29, 1.82) is 0 Å². The van der Waals surface area contributed by atoms with Crippen LogP contribution in [0.15, 0.2) is 78.9 Å². The van der Waals surface area contributed by atoms with E-state index in [0.29, 0.717) is 43.3 Å². The molecule has 0 aliphatic carbocycles. The van der Waals surface area contributed by atoms with Gasteiger partial charge >= 0.3 is 0 Å². The second-order valence-corrected chi connectivity index (χ2v) is 10.4. The van der Waals surface area contributed by atoms with Crippen LogP contribution in [0.3, 0.4) is 0 Å². The minimum Gasteiger partial charge on any atom is -0.490 e. The molecule has 6 nitrogen and oxygen atoms in total. The molecule has 1 saturated heterocycles. The predicted octanol–water partition coefficient (Wildman–Crippen LogP) is 5.31. The van der Waals surface area contributed by atoms with Gasteiger partial charge in [-0.05, 0) is 48.2 Å². The number of carbonyl (C=O) groups excluding carboxylic acids is 2. The number of hydrogen-bond donors (Lipinski definition) is 0. The first-order valence-electron chi connectivity index (χ1n) is 13.0. The molecular weight excluding hydrogens is 500 g/mol. The topological polar surface area (TPSA) is 59.1 Å². The lowest BCUT2D eigenvalue weighted by Gasteiger charge is -2.42. The molecule has 7 heteroatoms. The lowest BCUT2D eigenvalue weighted by Crippen LogP contribution is -2.58. The molecule has 0 saturated carbocycles. The molecule has 1 heterocycles. The van der Waals surface area contributed by atoms with Crippen molar-refractivity contribution in [2.75, 3.05) is 33.4 Å². The molecule has 38 heavy (non-hydrogen) atoms. The van der Waals surface area contributed by atoms with Gasteiger partial charge in [-0.2, -0.15) is 0 Å². The fourth-order valence-corrected chi connectivity index (χ4v) is 4.75. The highest BCUT2D eigenvalue weighted by molar-refractivity contribution is 6.31. The maximum absolute atomic E-state index is 13.4. The minimum absolute atomic E-state index is 0.0500. The maximum atomic E-state index is 13.4. The number of morpholine rings is 1. The van der Waals surface area contributed by atoms with Crippen molar-refractivity contribution in [1.82, 2.24) is 9.80 Å². The van der Waals surface area contributed by atoms with E-state index in [-0.39, 0.29) is 31.4 Å². The average molecular weight is 535 g/mol. The third-order valence-electron chi connectivity index (χ3n) is 6.86. The highest BCUT2D eigenvalue weighted by atomic mass is 35.5. The van der Waals surface area contributed by atoms with Gasteiger partial charge in [-0.15, -0.1) is 0 Å². The van der Waals surface area contributed by atoms with Crippen LogP contribution in [0, 0.1) is 6.92 Å². The van der Waals surface area contributed by atoms with Gasteiger partial charge in [0.05, 0.1) is 19.6 Å². The summed E-state index contributed by atoms with van der Waals surface area (Å²) < 4.78 is 12.4. The van der Waals surface area contributed by atoms with Crippen molar-refractivity contribution in [3.8, 4) is 5.75 Å². The van der Waals surface area contributed by atoms with Gasteiger partial charge in [0.25, 0.3) is 0 Å². The van der Waals surface area contributed by atoms with Crippen molar-refractivity contribution >= 4 is 23.4 Å². The molecule has 0 unspecified atom stereocenters. The van der Waals surface area contributed by atoms with Crippen LogP contribution in [0.5, 0.6) is 5.75 Å². The second-order valence-electron chi connectivity index (χ2n) is 9.94. The second kappa shape index (κ2) is 12.9. The monoisotopic (exact) mass is 534 g/mol. The van der Waals surface area contributed by atoms with E-state index >= 15 is 0 Å². The SMILES string of the molecule is Cc1cc(OC[C@@]2(CC(=O)N(C)Cc3ccccc3)CN(C(=O)CCc3ccccc3)CCO2)ccc1Cl. The number of carbonyl (C=O) groups is 2. The van der Waals surface area contributed by atoms with E-state index in [1.165, 1.54) is 0 Å². The van der Waals surface area contributed by atoms with Gasteiger partial charge in [0.1, 0.15) is 18.0 Å². The van der Waals surface area contributed by atoms with Crippen molar-refractivity contribution in [2.45, 2.75) is 38.3 Å². The van der Waals surface area contributed by atoms with E-state index in [1.54, 1.807) is 24.1 Å². The van der Waals surface area contributed by atoms with E-state index in [4.69, 9.17) is 21.1 Å². The largest absolute Gasteiger partial charge is 0.490 e. The zero-order valence-corrected chi connectivity index (χ0v) is 22.8. The Kier molecular flexibility index (Phi) is 9.43. The van der Waals surface area contributed by atoms with Crippen LogP contribution in [-0.4, -0.2) is 60.6 Å². The average Bonchev–Trinajstić information content (AvgIpc) is 2.93. The van der Waals surface area contributed by atoms with Crippen LogP contribution < -0.4 is 4.74 Å². The molecule has 1 fully saturated rings. The van der Waals surface area contributed by atoms with Gasteiger partial charge in [-0.25, -0.2) is 0 Å². The Morgan fingerprint density at radius 2 is 1.71 bits per heavy atom. The number of ether oxygens (including phenoxy) is 2. The third-order valence-corrected chi connectivity index (χ3v) is 7.29. The summed E-state index contributed by atoms with van der Waals surface area (Å²) in [5.74, 6) is 0.629. The molecule has 1 aliphatic heterocycles. The van der Waals surface area contributed by atoms with Crippen LogP contribution in [-0.2, 0) is 27.3 Å². The normalized spacial score (nSPS) is 17.2. The first-order chi connectivity index (χ1) is 18.3. The van der Waals surface area contributed by atoms with Crippen LogP contribution in [0.1, 0.15) is 29.5 Å². The fraction of sp³-hybridized carbons (Fsp3) is 0.355. The number of benzene rings is 3. The van der Waals surface area contributed by atoms with Crippen molar-refractivity contribution in [3.05, 3.63) is 101 Å². The molecule has 200 valence electrons. The molecule has 2 amide bonds. The number of rotatable bonds is 10. The van der Waals surface area contributed by atoms with Crippen LogP contribution >= 0.6 is 11.6 Å². The molecule has 1 aliphatic rings. The van der Waals surface area contributed by atoms with E-state index < -0.39 is 5.60 Å². The Morgan fingerprint density at radius 3 is 2.39 bits per heavy atom. The maximum Gasteiger partial charge on any atom is 0.225 e. The van der Waals surface area contributed by atoms with Crippen molar-refractivity contribution in [2.24, 2.45) is 0 Å². The Bertz CT molecular complexity index is 1220. The number of nitrogens with zero attached hydrogens (tertiary/aromatic N) is 2. The summed E-state index contributed by atoms with van der Waals surface area (Å²) >= 11 is 6.18. The Morgan fingerprint density at radius 1 is 1.03 bits per heavy atom. The minimum atomic E-state index is -0.962. The summed E-state index contributed by atoms with van der Waals surface area (Å²) in [7, 11) is 1.79. The van der Waals surface area contributed by atoms with Gasteiger partial charge in [-0.3, -0.25) is 9.59 Å². The molecule has 3 aromatic rings. The summed E-state index contributed by atoms with van der Waals surface area (Å²) in [5.41, 5.74) is 2.11. The molecule has 0 spiro atoms. The zero-order chi connectivity index (χ0) is 27.0. The number of amides is 2. The summed E-state index contributed by atoms with van der Waals surface area (Å²) in [4.78, 5) is 30.1. The smallest absolute Gasteiger partial charge is 0.225 e. The molecule has 1 atom stereocenters. The van der Waals surface area contributed by atoms with Gasteiger partial charge in [0.2, 0.25) is 11.8 Å². The van der Waals surface area contributed by atoms with Gasteiger partial charge in [0.15, 0.2) is 0 Å². The lowest BCUT2D eigenvalue weighted by atomic mass is 9.96. The van der Waals surface area contributed by atoms with Crippen LogP contribution in [0.4, 0.5) is 0 Å². The quantitative estimate of drug-likeness (QED) is 0.354. The van der Waals surface area contributed by atoms with Crippen molar-refractivity contribution in [3.63, 3.8) is 0 Å². The molecule has 0 bridgehead atoms. The summed E-state index contributed by atoms with van der Waals surface area (Å²) in [6.07, 6.45) is 1.17. The standard InChI is InChI=1S/C31H35ClN2O4/c1-24-19-27(14-15-28(24)32)37-23-31(20-30(36)33(2)21-26-11-7-4-8-12-26)22-34(17-18-38-31)29(35)16-13-25-9-5-3-6-10-25/h3-12,14-15,19H,13,16-18,20-23H2,1-2H3/t31-/m1/s1. The lowest BCUT2D eigenvalue weighted by molar-refractivity contribution is -0.165. The highest BCUT2D eigenvalue weighted by Crippen LogP contribution is 2.28. The Hall–Kier alpha value is -3.35. The van der Waals surface area contributed by atoms with Crippen LogP contribution in [0.2, 0.25) is 5.02 Å². The summed E-state index contributed by atoms with van der Waals surface area (Å²) in [6.45, 7) is 3.67. The Balaban J connectivity index is 1.47. The first-order valence-corrected chi connectivity index (χ1v) is 13.3. The number of halogens is 1. The third kappa shape index (κ3) is 7.59. The summed E-state index contributed by atoms with van der Waals surface area (Å²) in [5, 5.41) is 0.661. The van der Waals surface area contributed by atoms with Crippen LogP contribution in [0.25, 0.3) is 0 Å². The van der Waals surface area contributed by atoms with E-state index in [2.05, 4.69) is 0 Å². The highest BCUT2D eigenvalue weighted by Gasteiger charge is 2.42. The molecular formula is C31H35ClN2O4. The van der Waals surface area contributed by atoms with Crippen molar-refractivity contribution < 1.29 is 19.1 Å². The number of hydrogen-bond acceptors (Lipinski definition) is 4. The van der Waals surface area contributed by atoms with E-state index in [1.807, 2.05) is 78.6 Å².